The summed E-state index contributed by atoms with van der Waals surface area (Å²) in [6, 6.07) is 0. The number of carboxylic acid groups (broad SMARTS) is 1. The predicted octanol–water partition coefficient (Wildman–Crippen LogP) is 6.17. The maximum absolute atomic E-state index is 13.0. The van der Waals surface area contributed by atoms with E-state index < -0.39 is 35.0 Å². The van der Waals surface area contributed by atoms with Crippen LogP contribution in [0.5, 0.6) is 0 Å². The zero-order valence-electron chi connectivity index (χ0n) is 26.4. The second-order valence-corrected chi connectivity index (χ2v) is 15.7. The lowest BCUT2D eigenvalue weighted by Gasteiger charge is -2.71. The van der Waals surface area contributed by atoms with Gasteiger partial charge >= 0.3 is 17.9 Å². The number of rotatable bonds is 4. The lowest BCUT2D eigenvalue weighted by atomic mass is 9.33. The number of ether oxygens (including phenoxy) is 2. The Balaban J connectivity index is 1.61. The van der Waals surface area contributed by atoms with E-state index in [1.165, 1.54) is 19.4 Å². The number of hydrogen-bond acceptors (Lipinski definition) is 6. The third kappa shape index (κ3) is 4.10. The number of fused-ring (bicyclic) bond motifs is 7. The molecule has 0 spiro atoms. The number of aliphatic carboxylic acids is 1. The van der Waals surface area contributed by atoms with Crippen molar-refractivity contribution in [1.29, 1.82) is 0 Å². The first-order chi connectivity index (χ1) is 19.0. The number of aliphatic hydroxyl groups is 1. The molecule has 7 nitrogen and oxygen atoms in total. The Labute approximate surface area is 245 Å². The molecular formula is C34H52O7. The summed E-state index contributed by atoms with van der Waals surface area (Å²) < 4.78 is 11.4. The SMILES string of the molecule is CC(=O)OC[C@]1(C)C(O)C(OC(C)=O)C[C@@]2(C)[C@H]1CC[C@]1(C)[C@@H]2CC=C2[C@@H]3[C@@H](C)[C@H](C)CC[C@]3(C(=O)O)CC[C@]21C. The van der Waals surface area contributed by atoms with Crippen molar-refractivity contribution in [3.63, 3.8) is 0 Å². The van der Waals surface area contributed by atoms with Gasteiger partial charge in [-0.25, -0.2) is 0 Å². The molecule has 230 valence electrons. The van der Waals surface area contributed by atoms with Gasteiger partial charge in [0.15, 0.2) is 0 Å². The molecule has 0 heterocycles. The molecule has 4 fully saturated rings. The average molecular weight is 573 g/mol. The average Bonchev–Trinajstić information content (AvgIpc) is 2.88. The Morgan fingerprint density at radius 2 is 1.63 bits per heavy atom. The van der Waals surface area contributed by atoms with E-state index in [4.69, 9.17) is 9.47 Å². The van der Waals surface area contributed by atoms with Gasteiger partial charge in [0.2, 0.25) is 0 Å². The van der Waals surface area contributed by atoms with Crippen molar-refractivity contribution in [2.75, 3.05) is 6.61 Å². The van der Waals surface area contributed by atoms with Crippen LogP contribution in [0.3, 0.4) is 0 Å². The fourth-order valence-electron chi connectivity index (χ4n) is 11.5. The van der Waals surface area contributed by atoms with E-state index >= 15 is 0 Å². The zero-order chi connectivity index (χ0) is 30.3. The van der Waals surface area contributed by atoms with Crippen molar-refractivity contribution >= 4 is 17.9 Å². The molecule has 4 saturated carbocycles. The van der Waals surface area contributed by atoms with Gasteiger partial charge in [-0.1, -0.05) is 53.2 Å². The van der Waals surface area contributed by atoms with Crippen LogP contribution in [0.15, 0.2) is 11.6 Å². The molecule has 5 aliphatic carbocycles. The van der Waals surface area contributed by atoms with Gasteiger partial charge in [0.05, 0.1) is 18.1 Å². The fraction of sp³-hybridized carbons (Fsp3) is 0.853. The highest BCUT2D eigenvalue weighted by molar-refractivity contribution is 5.76. The van der Waals surface area contributed by atoms with Crippen LogP contribution in [0.25, 0.3) is 0 Å². The van der Waals surface area contributed by atoms with Crippen LogP contribution in [-0.2, 0) is 23.9 Å². The van der Waals surface area contributed by atoms with Gasteiger partial charge in [-0.05, 0) is 97.2 Å². The summed E-state index contributed by atoms with van der Waals surface area (Å²) in [5.74, 6) is -0.265. The van der Waals surface area contributed by atoms with Crippen LogP contribution < -0.4 is 0 Å². The molecule has 2 unspecified atom stereocenters. The predicted molar refractivity (Wildman–Crippen MR) is 155 cm³/mol. The summed E-state index contributed by atoms with van der Waals surface area (Å²) in [4.78, 5) is 37.0. The number of carbonyl (C=O) groups is 3. The van der Waals surface area contributed by atoms with Crippen LogP contribution in [-0.4, -0.2) is 46.9 Å². The molecule has 7 heteroatoms. The van der Waals surface area contributed by atoms with Crippen molar-refractivity contribution < 1.29 is 34.1 Å². The number of carbonyl (C=O) groups excluding carboxylic acids is 2. The highest BCUT2D eigenvalue weighted by Gasteiger charge is 2.71. The van der Waals surface area contributed by atoms with E-state index in [2.05, 4.69) is 40.7 Å². The summed E-state index contributed by atoms with van der Waals surface area (Å²) in [6.45, 7) is 16.6. The molecular weight excluding hydrogens is 520 g/mol. The van der Waals surface area contributed by atoms with Crippen LogP contribution >= 0.6 is 0 Å². The Bertz CT molecular complexity index is 1150. The van der Waals surface area contributed by atoms with Gasteiger partial charge in [0, 0.05) is 19.3 Å². The molecule has 5 aliphatic rings. The maximum Gasteiger partial charge on any atom is 0.310 e. The third-order valence-corrected chi connectivity index (χ3v) is 14.0. The van der Waals surface area contributed by atoms with Crippen LogP contribution in [0.1, 0.15) is 107 Å². The first-order valence-corrected chi connectivity index (χ1v) is 15.9. The second-order valence-electron chi connectivity index (χ2n) is 15.7. The Morgan fingerprint density at radius 1 is 0.951 bits per heavy atom. The summed E-state index contributed by atoms with van der Waals surface area (Å²) in [6.07, 6.45) is 7.32. The number of allylic oxidation sites excluding steroid dienone is 2. The van der Waals surface area contributed by atoms with Crippen molar-refractivity contribution in [3.8, 4) is 0 Å². The first kappa shape index (κ1) is 30.6. The summed E-state index contributed by atoms with van der Waals surface area (Å²) in [5, 5.41) is 22.3. The molecule has 0 amide bonds. The van der Waals surface area contributed by atoms with E-state index in [9.17, 15) is 24.6 Å². The van der Waals surface area contributed by atoms with Crippen LogP contribution in [0.2, 0.25) is 0 Å². The summed E-state index contributed by atoms with van der Waals surface area (Å²) in [7, 11) is 0. The Hall–Kier alpha value is -1.89. The highest BCUT2D eigenvalue weighted by atomic mass is 16.6. The lowest BCUT2D eigenvalue weighted by Crippen LogP contribution is -2.68. The molecule has 5 rings (SSSR count). The number of aliphatic hydroxyl groups excluding tert-OH is 1. The number of hydrogen-bond donors (Lipinski definition) is 2. The van der Waals surface area contributed by atoms with Gasteiger partial charge in [-0.3, -0.25) is 14.4 Å². The van der Waals surface area contributed by atoms with E-state index in [1.54, 1.807) is 0 Å². The van der Waals surface area contributed by atoms with Gasteiger partial charge in [-0.2, -0.15) is 0 Å². The molecule has 41 heavy (non-hydrogen) atoms. The molecule has 12 atom stereocenters. The van der Waals surface area contributed by atoms with Gasteiger partial charge in [0.25, 0.3) is 0 Å². The fourth-order valence-corrected chi connectivity index (χ4v) is 11.5. The van der Waals surface area contributed by atoms with E-state index in [-0.39, 0.29) is 46.6 Å². The molecule has 0 aromatic carbocycles. The van der Waals surface area contributed by atoms with Crippen molar-refractivity contribution in [3.05, 3.63) is 11.6 Å². The zero-order valence-corrected chi connectivity index (χ0v) is 26.4. The second kappa shape index (κ2) is 9.82. The number of esters is 2. The Kier molecular flexibility index (Phi) is 7.32. The van der Waals surface area contributed by atoms with Crippen molar-refractivity contribution in [2.24, 2.45) is 56.7 Å². The van der Waals surface area contributed by atoms with E-state index in [1.807, 2.05) is 6.92 Å². The minimum Gasteiger partial charge on any atom is -0.481 e. The summed E-state index contributed by atoms with van der Waals surface area (Å²) >= 11 is 0. The van der Waals surface area contributed by atoms with Crippen LogP contribution in [0.4, 0.5) is 0 Å². The normalized spacial score (nSPS) is 50.7. The largest absolute Gasteiger partial charge is 0.481 e. The van der Waals surface area contributed by atoms with E-state index in [0.717, 1.165) is 38.5 Å². The quantitative estimate of drug-likeness (QED) is 0.306. The highest BCUT2D eigenvalue weighted by Crippen LogP contribution is 2.76. The Morgan fingerprint density at radius 3 is 2.24 bits per heavy atom. The van der Waals surface area contributed by atoms with Gasteiger partial charge in [0.1, 0.15) is 6.10 Å². The lowest BCUT2D eigenvalue weighted by molar-refractivity contribution is -0.250. The van der Waals surface area contributed by atoms with Crippen LogP contribution in [0, 0.1) is 56.7 Å². The summed E-state index contributed by atoms with van der Waals surface area (Å²) in [5.41, 5.74) is -0.570. The first-order valence-electron chi connectivity index (χ1n) is 15.9. The standard InChI is InChI=1S/C34H52O7/c1-19-11-14-34(29(38)39)16-15-32(7)23(27(34)20(19)2)9-10-26-30(5)17-24(41-22(4)36)28(37)31(6,18-40-21(3)35)25(30)12-13-33(26,32)8/h9,19-20,24-28,37H,10-18H2,1-8H3,(H,38,39)/t19-,20+,24?,25-,26-,27+,28?,30+,31+,32-,33-,34+/m1/s1. The monoisotopic (exact) mass is 572 g/mol. The van der Waals surface area contributed by atoms with Crippen molar-refractivity contribution in [2.45, 2.75) is 119 Å². The maximum atomic E-state index is 13.0. The molecule has 0 radical (unpaired) electrons. The molecule has 0 aliphatic heterocycles. The minimum atomic E-state index is -0.936. The smallest absolute Gasteiger partial charge is 0.310 e. The van der Waals surface area contributed by atoms with Crippen molar-refractivity contribution in [1.82, 2.24) is 0 Å². The number of carboxylic acids is 1. The molecule has 0 saturated heterocycles. The van der Waals surface area contributed by atoms with E-state index in [0.29, 0.717) is 24.7 Å². The molecule has 0 aromatic heterocycles. The van der Waals surface area contributed by atoms with Gasteiger partial charge < -0.3 is 19.7 Å². The topological polar surface area (TPSA) is 110 Å². The third-order valence-electron chi connectivity index (χ3n) is 14.0. The van der Waals surface area contributed by atoms with Gasteiger partial charge in [-0.15, -0.1) is 0 Å². The molecule has 0 bridgehead atoms. The molecule has 2 N–H and O–H groups in total. The minimum absolute atomic E-state index is 0.0435. The molecule has 0 aromatic rings.